The van der Waals surface area contributed by atoms with Crippen LogP contribution in [0.3, 0.4) is 0 Å². The molecule has 0 atom stereocenters. The van der Waals surface area contributed by atoms with Crippen molar-refractivity contribution in [2.24, 2.45) is 0 Å². The van der Waals surface area contributed by atoms with Gasteiger partial charge in [0.15, 0.2) is 5.76 Å². The molecule has 0 spiro atoms. The summed E-state index contributed by atoms with van der Waals surface area (Å²) in [6, 6.07) is -0.152. The molecule has 1 aliphatic rings. The Hall–Kier alpha value is -2.09. The van der Waals surface area contributed by atoms with Crippen molar-refractivity contribution in [2.45, 2.75) is 20.3 Å². The van der Waals surface area contributed by atoms with Crippen LogP contribution >= 0.6 is 0 Å². The van der Waals surface area contributed by atoms with Gasteiger partial charge in [-0.3, -0.25) is 9.69 Å². The first-order chi connectivity index (χ1) is 10.5. The van der Waals surface area contributed by atoms with Crippen LogP contribution in [0.5, 0.6) is 0 Å². The normalized spacial score (nSPS) is 15.7. The van der Waals surface area contributed by atoms with Crippen molar-refractivity contribution in [3.8, 4) is 0 Å². The van der Waals surface area contributed by atoms with Gasteiger partial charge >= 0.3 is 6.03 Å². The summed E-state index contributed by atoms with van der Waals surface area (Å²) in [4.78, 5) is 27.4. The second kappa shape index (κ2) is 7.26. The molecule has 2 heterocycles. The minimum Gasteiger partial charge on any atom is -0.359 e. The van der Waals surface area contributed by atoms with Crippen molar-refractivity contribution < 1.29 is 14.1 Å². The van der Waals surface area contributed by atoms with Crippen LogP contribution in [0.4, 0.5) is 10.5 Å². The maximum atomic E-state index is 12.3. The van der Waals surface area contributed by atoms with E-state index in [1.54, 1.807) is 18.9 Å². The van der Waals surface area contributed by atoms with E-state index in [9.17, 15) is 9.59 Å². The predicted octanol–water partition coefficient (Wildman–Crippen LogP) is 0.441. The highest BCUT2D eigenvalue weighted by Gasteiger charge is 2.24. The number of rotatable bonds is 4. The van der Waals surface area contributed by atoms with E-state index in [1.165, 1.54) is 0 Å². The summed E-state index contributed by atoms with van der Waals surface area (Å²) >= 11 is 0. The lowest BCUT2D eigenvalue weighted by molar-refractivity contribution is -0.122. The molecule has 0 aliphatic carbocycles. The number of hydrogen-bond acceptors (Lipinski definition) is 5. The van der Waals surface area contributed by atoms with Crippen molar-refractivity contribution >= 4 is 17.6 Å². The van der Waals surface area contributed by atoms with Crippen LogP contribution in [0.2, 0.25) is 0 Å². The molecule has 8 nitrogen and oxygen atoms in total. The quantitative estimate of drug-likeness (QED) is 0.842. The molecule has 3 amide bonds. The van der Waals surface area contributed by atoms with Gasteiger partial charge in [-0.2, -0.15) is 0 Å². The number of hydrogen-bond donors (Lipinski definition) is 2. The third-order valence-corrected chi connectivity index (χ3v) is 3.79. The van der Waals surface area contributed by atoms with Gasteiger partial charge in [0.1, 0.15) is 11.4 Å². The molecular weight excluding hydrogens is 286 g/mol. The maximum Gasteiger partial charge on any atom is 0.322 e. The number of carbonyl (C=O) groups excluding carboxylic acids is 2. The SMILES string of the molecule is CCc1onc(C)c1NC(=O)N1CCN(CC(=O)NC)CC1. The Labute approximate surface area is 129 Å². The number of piperazine rings is 1. The Balaban J connectivity index is 1.87. The first-order valence-electron chi connectivity index (χ1n) is 7.49. The van der Waals surface area contributed by atoms with E-state index >= 15 is 0 Å². The fourth-order valence-corrected chi connectivity index (χ4v) is 2.40. The molecule has 8 heteroatoms. The van der Waals surface area contributed by atoms with Crippen molar-refractivity contribution in [3.05, 3.63) is 11.5 Å². The number of likely N-dealkylation sites (N-methyl/N-ethyl adjacent to an activating group) is 1. The summed E-state index contributed by atoms with van der Waals surface area (Å²) in [5.41, 5.74) is 1.35. The third kappa shape index (κ3) is 3.76. The monoisotopic (exact) mass is 309 g/mol. The lowest BCUT2D eigenvalue weighted by atomic mass is 10.2. The van der Waals surface area contributed by atoms with Crippen LogP contribution in [-0.2, 0) is 11.2 Å². The molecule has 0 unspecified atom stereocenters. The fourth-order valence-electron chi connectivity index (χ4n) is 2.40. The summed E-state index contributed by atoms with van der Waals surface area (Å²) in [5.74, 6) is 0.676. The number of nitrogens with zero attached hydrogens (tertiary/aromatic N) is 3. The lowest BCUT2D eigenvalue weighted by Crippen LogP contribution is -2.51. The van der Waals surface area contributed by atoms with Gasteiger partial charge in [-0.15, -0.1) is 0 Å². The minimum atomic E-state index is -0.152. The van der Waals surface area contributed by atoms with Gasteiger partial charge in [-0.05, 0) is 6.92 Å². The number of carbonyl (C=O) groups is 2. The molecule has 0 saturated carbocycles. The molecular formula is C14H23N5O3. The molecule has 2 rings (SSSR count). The fraction of sp³-hybridized carbons (Fsp3) is 0.643. The van der Waals surface area contributed by atoms with E-state index in [0.717, 1.165) is 0 Å². The summed E-state index contributed by atoms with van der Waals surface area (Å²) < 4.78 is 5.17. The third-order valence-electron chi connectivity index (χ3n) is 3.79. The first kappa shape index (κ1) is 16.3. The van der Waals surface area contributed by atoms with E-state index in [1.807, 2.05) is 11.8 Å². The average molecular weight is 309 g/mol. The predicted molar refractivity (Wildman–Crippen MR) is 81.7 cm³/mol. The van der Waals surface area contributed by atoms with Crippen molar-refractivity contribution in [2.75, 3.05) is 45.1 Å². The molecule has 1 aromatic heterocycles. The maximum absolute atomic E-state index is 12.3. The Kier molecular flexibility index (Phi) is 5.37. The standard InChI is InChI=1S/C14H23N5O3/c1-4-11-13(10(2)17-22-11)16-14(21)19-7-5-18(6-8-19)9-12(20)15-3/h4-9H2,1-3H3,(H,15,20)(H,16,21). The second-order valence-corrected chi connectivity index (χ2v) is 5.29. The average Bonchev–Trinajstić information content (AvgIpc) is 2.88. The highest BCUT2D eigenvalue weighted by atomic mass is 16.5. The largest absolute Gasteiger partial charge is 0.359 e. The Bertz CT molecular complexity index is 535. The number of aryl methyl sites for hydroxylation is 2. The number of urea groups is 1. The first-order valence-corrected chi connectivity index (χ1v) is 7.49. The summed E-state index contributed by atoms with van der Waals surface area (Å²) in [6.07, 6.45) is 0.677. The van der Waals surface area contributed by atoms with Gasteiger partial charge in [0.2, 0.25) is 5.91 Å². The zero-order valence-corrected chi connectivity index (χ0v) is 13.3. The molecule has 1 aliphatic heterocycles. The highest BCUT2D eigenvalue weighted by Crippen LogP contribution is 2.21. The van der Waals surface area contributed by atoms with E-state index in [-0.39, 0.29) is 11.9 Å². The molecule has 0 aromatic carbocycles. The molecule has 1 saturated heterocycles. The van der Waals surface area contributed by atoms with E-state index in [0.29, 0.717) is 56.3 Å². The van der Waals surface area contributed by atoms with Gasteiger partial charge < -0.3 is 20.1 Å². The Morgan fingerprint density at radius 2 is 1.95 bits per heavy atom. The van der Waals surface area contributed by atoms with Crippen molar-refractivity contribution in [1.29, 1.82) is 0 Å². The van der Waals surface area contributed by atoms with Gasteiger partial charge in [0.25, 0.3) is 0 Å². The minimum absolute atomic E-state index is 0.00872. The molecule has 1 aromatic rings. The highest BCUT2D eigenvalue weighted by molar-refractivity contribution is 5.90. The van der Waals surface area contributed by atoms with Crippen molar-refractivity contribution in [3.63, 3.8) is 0 Å². The summed E-state index contributed by atoms with van der Waals surface area (Å²) in [6.45, 7) is 6.68. The number of amides is 3. The zero-order valence-electron chi connectivity index (χ0n) is 13.3. The van der Waals surface area contributed by atoms with Crippen LogP contribution in [0, 0.1) is 6.92 Å². The molecule has 1 fully saturated rings. The van der Waals surface area contributed by atoms with Crippen LogP contribution in [0.25, 0.3) is 0 Å². The molecule has 2 N–H and O–H groups in total. The smallest absolute Gasteiger partial charge is 0.322 e. The summed E-state index contributed by atoms with van der Waals surface area (Å²) in [5, 5.41) is 9.36. The summed E-state index contributed by atoms with van der Waals surface area (Å²) in [7, 11) is 1.62. The Morgan fingerprint density at radius 3 is 2.55 bits per heavy atom. The van der Waals surface area contributed by atoms with E-state index < -0.39 is 0 Å². The van der Waals surface area contributed by atoms with Crippen molar-refractivity contribution in [1.82, 2.24) is 20.3 Å². The topological polar surface area (TPSA) is 90.7 Å². The zero-order chi connectivity index (χ0) is 16.1. The van der Waals surface area contributed by atoms with Crippen LogP contribution < -0.4 is 10.6 Å². The number of aromatic nitrogens is 1. The molecule has 0 bridgehead atoms. The van der Waals surface area contributed by atoms with Crippen LogP contribution in [-0.4, -0.2) is 66.7 Å². The molecule has 0 radical (unpaired) electrons. The number of nitrogens with one attached hydrogen (secondary N) is 2. The lowest BCUT2D eigenvalue weighted by Gasteiger charge is -2.34. The van der Waals surface area contributed by atoms with Crippen LogP contribution in [0.1, 0.15) is 18.4 Å². The van der Waals surface area contributed by atoms with Gasteiger partial charge in [0.05, 0.1) is 6.54 Å². The van der Waals surface area contributed by atoms with Crippen LogP contribution in [0.15, 0.2) is 4.52 Å². The Morgan fingerprint density at radius 1 is 1.27 bits per heavy atom. The number of anilines is 1. The van der Waals surface area contributed by atoms with Gasteiger partial charge in [0, 0.05) is 39.6 Å². The second-order valence-electron chi connectivity index (χ2n) is 5.29. The van der Waals surface area contributed by atoms with Gasteiger partial charge in [-0.25, -0.2) is 4.79 Å². The molecule has 122 valence electrons. The molecule has 22 heavy (non-hydrogen) atoms. The van der Waals surface area contributed by atoms with E-state index in [2.05, 4.69) is 15.8 Å². The van der Waals surface area contributed by atoms with Gasteiger partial charge in [-0.1, -0.05) is 12.1 Å². The van der Waals surface area contributed by atoms with E-state index in [4.69, 9.17) is 4.52 Å².